The molecule has 1 unspecified atom stereocenters. The number of anilines is 2. The van der Waals surface area contributed by atoms with Crippen molar-refractivity contribution in [2.24, 2.45) is 0 Å². The van der Waals surface area contributed by atoms with Gasteiger partial charge in [-0.3, -0.25) is 4.79 Å². The van der Waals surface area contributed by atoms with Gasteiger partial charge in [0.05, 0.1) is 5.69 Å². The molecule has 0 radical (unpaired) electrons. The van der Waals surface area contributed by atoms with Crippen LogP contribution in [-0.4, -0.2) is 18.2 Å². The topological polar surface area (TPSA) is 41.1 Å². The number of amides is 1. The molecule has 0 spiro atoms. The molecule has 0 saturated heterocycles. The third-order valence-electron chi connectivity index (χ3n) is 2.99. The fourth-order valence-electron chi connectivity index (χ4n) is 1.85. The maximum Gasteiger partial charge on any atom is 0.246 e. The van der Waals surface area contributed by atoms with Crippen LogP contribution in [0.2, 0.25) is 0 Å². The van der Waals surface area contributed by atoms with E-state index in [-0.39, 0.29) is 11.9 Å². The average Bonchev–Trinajstić information content (AvgIpc) is 2.50. The molecular weight excluding hydrogens is 395 g/mol. The largest absolute Gasteiger partial charge is 0.374 e. The number of thioether (sulfide) groups is 1. The second-order valence-electron chi connectivity index (χ2n) is 4.56. The highest BCUT2D eigenvalue weighted by atomic mass is 127. The molecule has 0 heterocycles. The molecule has 2 aromatic carbocycles. The molecular formula is C16H17IN2OS. The number of halogens is 1. The van der Waals surface area contributed by atoms with Crippen molar-refractivity contribution in [1.82, 2.24) is 0 Å². The highest BCUT2D eigenvalue weighted by Crippen LogP contribution is 2.24. The zero-order chi connectivity index (χ0) is 15.2. The molecule has 2 N–H and O–H groups in total. The standard InChI is InChI=1S/C16H17IN2OS/c1-11(18-13-9-7-12(17)8-10-13)16(20)19-14-5-3-4-6-15(14)21-2/h3-11,18H,1-2H3,(H,19,20). The maximum absolute atomic E-state index is 12.3. The normalized spacial score (nSPS) is 11.8. The summed E-state index contributed by atoms with van der Waals surface area (Å²) in [4.78, 5) is 13.3. The molecule has 110 valence electrons. The quantitative estimate of drug-likeness (QED) is 0.563. The van der Waals surface area contributed by atoms with Gasteiger partial charge in [0.1, 0.15) is 6.04 Å². The summed E-state index contributed by atoms with van der Waals surface area (Å²) in [5.74, 6) is -0.0462. The first-order valence-corrected chi connectivity index (χ1v) is 8.86. The van der Waals surface area contributed by atoms with E-state index in [2.05, 4.69) is 33.2 Å². The Balaban J connectivity index is 2.01. The number of carbonyl (C=O) groups is 1. The van der Waals surface area contributed by atoms with Gasteiger partial charge in [0, 0.05) is 14.2 Å². The molecule has 3 nitrogen and oxygen atoms in total. The van der Waals surface area contributed by atoms with Crippen LogP contribution >= 0.6 is 34.4 Å². The van der Waals surface area contributed by atoms with Crippen molar-refractivity contribution in [2.75, 3.05) is 16.9 Å². The SMILES string of the molecule is CSc1ccccc1NC(=O)C(C)Nc1ccc(I)cc1. The number of hydrogen-bond donors (Lipinski definition) is 2. The van der Waals surface area contributed by atoms with Gasteiger partial charge in [0.25, 0.3) is 0 Å². The van der Waals surface area contributed by atoms with E-state index < -0.39 is 0 Å². The van der Waals surface area contributed by atoms with Gasteiger partial charge < -0.3 is 10.6 Å². The van der Waals surface area contributed by atoms with Gasteiger partial charge in [-0.25, -0.2) is 0 Å². The molecule has 2 rings (SSSR count). The zero-order valence-corrected chi connectivity index (χ0v) is 14.9. The van der Waals surface area contributed by atoms with E-state index in [1.54, 1.807) is 11.8 Å². The van der Waals surface area contributed by atoms with Crippen LogP contribution in [0.1, 0.15) is 6.92 Å². The Hall–Kier alpha value is -1.21. The Labute approximate surface area is 143 Å². The van der Waals surface area contributed by atoms with Crippen LogP contribution in [0.25, 0.3) is 0 Å². The Bertz CT molecular complexity index is 616. The zero-order valence-electron chi connectivity index (χ0n) is 11.9. The molecule has 1 atom stereocenters. The molecule has 0 saturated carbocycles. The van der Waals surface area contributed by atoms with Crippen LogP contribution in [0.15, 0.2) is 53.4 Å². The smallest absolute Gasteiger partial charge is 0.246 e. The molecule has 5 heteroatoms. The summed E-state index contributed by atoms with van der Waals surface area (Å²) < 4.78 is 1.17. The first-order valence-electron chi connectivity index (χ1n) is 6.56. The molecule has 0 bridgehead atoms. The fourth-order valence-corrected chi connectivity index (χ4v) is 2.76. The van der Waals surface area contributed by atoms with Crippen LogP contribution in [-0.2, 0) is 4.79 Å². The summed E-state index contributed by atoms with van der Waals surface area (Å²) in [5, 5.41) is 6.17. The van der Waals surface area contributed by atoms with E-state index in [4.69, 9.17) is 0 Å². The van der Waals surface area contributed by atoms with Crippen LogP contribution in [0.5, 0.6) is 0 Å². The minimum Gasteiger partial charge on any atom is -0.374 e. The van der Waals surface area contributed by atoms with E-state index in [1.807, 2.05) is 61.7 Å². The minimum atomic E-state index is -0.306. The van der Waals surface area contributed by atoms with Crippen molar-refractivity contribution in [1.29, 1.82) is 0 Å². The van der Waals surface area contributed by atoms with Crippen molar-refractivity contribution in [3.8, 4) is 0 Å². The predicted octanol–water partition coefficient (Wildman–Crippen LogP) is 4.45. The van der Waals surface area contributed by atoms with Crippen molar-refractivity contribution >= 4 is 51.6 Å². The lowest BCUT2D eigenvalue weighted by atomic mass is 10.2. The lowest BCUT2D eigenvalue weighted by Crippen LogP contribution is -2.32. The van der Waals surface area contributed by atoms with Crippen LogP contribution < -0.4 is 10.6 Å². The van der Waals surface area contributed by atoms with Crippen molar-refractivity contribution in [2.45, 2.75) is 17.9 Å². The highest BCUT2D eigenvalue weighted by Gasteiger charge is 2.14. The average molecular weight is 412 g/mol. The van der Waals surface area contributed by atoms with Crippen LogP contribution in [0.4, 0.5) is 11.4 Å². The molecule has 1 amide bonds. The summed E-state index contributed by atoms with van der Waals surface area (Å²) in [6, 6.07) is 15.5. The number of carbonyl (C=O) groups excluding carboxylic acids is 1. The molecule has 0 fully saturated rings. The first-order chi connectivity index (χ1) is 10.1. The van der Waals surface area contributed by atoms with Gasteiger partial charge >= 0.3 is 0 Å². The third-order valence-corrected chi connectivity index (χ3v) is 4.50. The second-order valence-corrected chi connectivity index (χ2v) is 6.66. The summed E-state index contributed by atoms with van der Waals surface area (Å²) >= 11 is 3.88. The second kappa shape index (κ2) is 7.70. The number of hydrogen-bond acceptors (Lipinski definition) is 3. The summed E-state index contributed by atoms with van der Waals surface area (Å²) in [5.41, 5.74) is 1.79. The van der Waals surface area contributed by atoms with E-state index in [0.29, 0.717) is 0 Å². The van der Waals surface area contributed by atoms with E-state index in [1.165, 1.54) is 3.57 Å². The minimum absolute atomic E-state index is 0.0462. The highest BCUT2D eigenvalue weighted by molar-refractivity contribution is 14.1. The van der Waals surface area contributed by atoms with Crippen LogP contribution in [0, 0.1) is 3.57 Å². The summed E-state index contributed by atoms with van der Waals surface area (Å²) in [6.07, 6.45) is 2.00. The first kappa shape index (κ1) is 16.2. The number of rotatable bonds is 5. The van der Waals surface area contributed by atoms with Gasteiger partial charge in [0.15, 0.2) is 0 Å². The Morgan fingerprint density at radius 3 is 2.48 bits per heavy atom. The molecule has 0 aliphatic heterocycles. The molecule has 2 aromatic rings. The molecule has 21 heavy (non-hydrogen) atoms. The van der Waals surface area contributed by atoms with Gasteiger partial charge in [-0.15, -0.1) is 11.8 Å². The van der Waals surface area contributed by atoms with Crippen molar-refractivity contribution in [3.63, 3.8) is 0 Å². The molecule has 0 aliphatic rings. The number of benzene rings is 2. The van der Waals surface area contributed by atoms with Crippen LogP contribution in [0.3, 0.4) is 0 Å². The summed E-state index contributed by atoms with van der Waals surface area (Å²) in [7, 11) is 0. The third kappa shape index (κ3) is 4.64. The van der Waals surface area contributed by atoms with E-state index >= 15 is 0 Å². The van der Waals surface area contributed by atoms with Gasteiger partial charge in [-0.2, -0.15) is 0 Å². The maximum atomic E-state index is 12.3. The van der Waals surface area contributed by atoms with Gasteiger partial charge in [-0.05, 0) is 72.2 Å². The lowest BCUT2D eigenvalue weighted by Gasteiger charge is -2.16. The Morgan fingerprint density at radius 1 is 1.14 bits per heavy atom. The van der Waals surface area contributed by atoms with Gasteiger partial charge in [0.2, 0.25) is 5.91 Å². The monoisotopic (exact) mass is 412 g/mol. The molecule has 0 aliphatic carbocycles. The summed E-state index contributed by atoms with van der Waals surface area (Å²) in [6.45, 7) is 1.86. The van der Waals surface area contributed by atoms with Gasteiger partial charge in [-0.1, -0.05) is 12.1 Å². The van der Waals surface area contributed by atoms with Crippen molar-refractivity contribution in [3.05, 3.63) is 52.1 Å². The number of para-hydroxylation sites is 1. The number of nitrogens with one attached hydrogen (secondary N) is 2. The van der Waals surface area contributed by atoms with E-state index in [0.717, 1.165) is 16.3 Å². The van der Waals surface area contributed by atoms with Crippen molar-refractivity contribution < 1.29 is 4.79 Å². The Kier molecular flexibility index (Phi) is 5.93. The fraction of sp³-hybridized carbons (Fsp3) is 0.188. The van der Waals surface area contributed by atoms with E-state index in [9.17, 15) is 4.79 Å². The predicted molar refractivity (Wildman–Crippen MR) is 99.1 cm³/mol. The Morgan fingerprint density at radius 2 is 1.81 bits per heavy atom. The lowest BCUT2D eigenvalue weighted by molar-refractivity contribution is -0.116. The molecule has 0 aromatic heterocycles.